The Labute approximate surface area is 164 Å². The van der Waals surface area contributed by atoms with Crippen LogP contribution in [0.5, 0.6) is 11.5 Å². The fourth-order valence-electron chi connectivity index (χ4n) is 3.35. The van der Waals surface area contributed by atoms with Crippen molar-refractivity contribution in [3.8, 4) is 22.6 Å². The zero-order valence-electron chi connectivity index (χ0n) is 16.5. The first-order chi connectivity index (χ1) is 13.3. The number of hydrogen-bond donors (Lipinski definition) is 1. The molecule has 0 bridgehead atoms. The number of benzene rings is 1. The third-order valence-electron chi connectivity index (χ3n) is 4.85. The molecule has 28 heavy (non-hydrogen) atoms. The second-order valence-corrected chi connectivity index (χ2v) is 8.59. The summed E-state index contributed by atoms with van der Waals surface area (Å²) in [5.74, 6) is 0.633. The van der Waals surface area contributed by atoms with Gasteiger partial charge in [-0.15, -0.1) is 0 Å². The molecule has 2 heterocycles. The molecule has 1 N–H and O–H groups in total. The molecule has 1 aliphatic rings. The summed E-state index contributed by atoms with van der Waals surface area (Å²) >= 11 is 0. The molecule has 0 unspecified atom stereocenters. The van der Waals surface area contributed by atoms with Gasteiger partial charge in [0.15, 0.2) is 0 Å². The van der Waals surface area contributed by atoms with Gasteiger partial charge in [-0.1, -0.05) is 0 Å². The number of aromatic nitrogens is 1. The van der Waals surface area contributed by atoms with Crippen molar-refractivity contribution in [2.24, 2.45) is 7.05 Å². The number of ether oxygens (including phenoxy) is 2. The molecular formula is C19H25N3O5S. The molecule has 0 saturated carbocycles. The van der Waals surface area contributed by atoms with E-state index in [0.717, 1.165) is 5.56 Å². The Bertz CT molecular complexity index is 1010. The zero-order chi connectivity index (χ0) is 20.5. The highest BCUT2D eigenvalue weighted by Crippen LogP contribution is 2.39. The molecule has 0 atom stereocenters. The Balaban J connectivity index is 2.17. The molecule has 1 fully saturated rings. The number of piperazine rings is 1. The molecule has 9 heteroatoms. The summed E-state index contributed by atoms with van der Waals surface area (Å²) in [6.45, 7) is 3.74. The lowest BCUT2D eigenvalue weighted by Gasteiger charge is -2.27. The van der Waals surface area contributed by atoms with Crippen molar-refractivity contribution in [2.45, 2.75) is 11.8 Å². The van der Waals surface area contributed by atoms with Gasteiger partial charge in [0.2, 0.25) is 10.0 Å². The molecular weight excluding hydrogens is 382 g/mol. The summed E-state index contributed by atoms with van der Waals surface area (Å²) in [7, 11) is 0.872. The van der Waals surface area contributed by atoms with Gasteiger partial charge in [0.25, 0.3) is 5.56 Å². The topological polar surface area (TPSA) is 89.9 Å². The fourth-order valence-corrected chi connectivity index (χ4v) is 4.94. The summed E-state index contributed by atoms with van der Waals surface area (Å²) in [4.78, 5) is 12.1. The van der Waals surface area contributed by atoms with Gasteiger partial charge >= 0.3 is 0 Å². The number of sulfonamides is 1. The van der Waals surface area contributed by atoms with Gasteiger partial charge in [-0.2, -0.15) is 4.31 Å². The van der Waals surface area contributed by atoms with Crippen LogP contribution in [0.1, 0.15) is 5.56 Å². The number of pyridine rings is 1. The van der Waals surface area contributed by atoms with Crippen molar-refractivity contribution in [1.82, 2.24) is 14.2 Å². The van der Waals surface area contributed by atoms with Crippen LogP contribution in [0.2, 0.25) is 0 Å². The molecule has 0 aliphatic carbocycles. The normalized spacial score (nSPS) is 15.4. The van der Waals surface area contributed by atoms with Crippen LogP contribution in [-0.4, -0.2) is 57.7 Å². The largest absolute Gasteiger partial charge is 0.496 e. The average molecular weight is 407 g/mol. The van der Waals surface area contributed by atoms with Gasteiger partial charge in [-0.25, -0.2) is 8.42 Å². The van der Waals surface area contributed by atoms with E-state index in [9.17, 15) is 13.2 Å². The Hall–Kier alpha value is -2.36. The quantitative estimate of drug-likeness (QED) is 0.795. The van der Waals surface area contributed by atoms with E-state index in [1.165, 1.54) is 29.2 Å². The Kier molecular flexibility index (Phi) is 5.78. The fraction of sp³-hybridized carbons (Fsp3) is 0.421. The SMILES string of the molecule is COc1cc(S(=O)(=O)N2CCNCC2)c(OC)cc1-c1cc(C)c(=O)n(C)c1. The second-order valence-electron chi connectivity index (χ2n) is 6.69. The molecule has 8 nitrogen and oxygen atoms in total. The minimum absolute atomic E-state index is 0.0686. The van der Waals surface area contributed by atoms with E-state index in [0.29, 0.717) is 43.1 Å². The molecule has 1 saturated heterocycles. The van der Waals surface area contributed by atoms with Gasteiger partial charge in [0.1, 0.15) is 16.4 Å². The molecule has 0 radical (unpaired) electrons. The minimum atomic E-state index is -3.73. The van der Waals surface area contributed by atoms with E-state index in [1.807, 2.05) is 0 Å². The van der Waals surface area contributed by atoms with Gasteiger partial charge in [-0.3, -0.25) is 4.79 Å². The molecule has 1 aromatic carbocycles. The summed E-state index contributed by atoms with van der Waals surface area (Å²) < 4.78 is 40.2. The van der Waals surface area contributed by atoms with Crippen molar-refractivity contribution in [3.63, 3.8) is 0 Å². The minimum Gasteiger partial charge on any atom is -0.496 e. The van der Waals surface area contributed by atoms with E-state index in [4.69, 9.17) is 9.47 Å². The van der Waals surface area contributed by atoms with Gasteiger partial charge < -0.3 is 19.4 Å². The standard InChI is InChI=1S/C19H25N3O5S/c1-13-9-14(12-21(2)19(13)23)15-10-17(27-4)18(11-16(15)26-3)28(24,25)22-7-5-20-6-8-22/h9-12,20H,5-8H2,1-4H3. The van der Waals surface area contributed by atoms with Crippen LogP contribution in [0.25, 0.3) is 11.1 Å². The summed E-state index contributed by atoms with van der Waals surface area (Å²) in [5.41, 5.74) is 1.88. The molecule has 1 aromatic heterocycles. The van der Waals surface area contributed by atoms with Crippen LogP contribution in [-0.2, 0) is 17.1 Å². The first kappa shape index (κ1) is 20.4. The number of nitrogens with zero attached hydrogens (tertiary/aromatic N) is 2. The van der Waals surface area contributed by atoms with Gasteiger partial charge in [-0.05, 0) is 19.1 Å². The highest BCUT2D eigenvalue weighted by atomic mass is 32.2. The highest BCUT2D eigenvalue weighted by molar-refractivity contribution is 7.89. The summed E-state index contributed by atoms with van der Waals surface area (Å²) in [6.07, 6.45) is 1.69. The lowest BCUT2D eigenvalue weighted by Crippen LogP contribution is -2.46. The van der Waals surface area contributed by atoms with Crippen molar-refractivity contribution < 1.29 is 17.9 Å². The van der Waals surface area contributed by atoms with Crippen LogP contribution in [0.4, 0.5) is 0 Å². The van der Waals surface area contributed by atoms with Crippen LogP contribution in [0.15, 0.2) is 34.1 Å². The van der Waals surface area contributed by atoms with E-state index in [-0.39, 0.29) is 16.2 Å². The van der Waals surface area contributed by atoms with E-state index in [1.54, 1.807) is 32.3 Å². The Morgan fingerprint density at radius 1 is 1.04 bits per heavy atom. The second kappa shape index (κ2) is 7.94. The maximum absolute atomic E-state index is 13.2. The third kappa shape index (κ3) is 3.65. The predicted octanol–water partition coefficient (Wildman–Crippen LogP) is 0.972. The monoisotopic (exact) mass is 407 g/mol. The molecule has 1 aliphatic heterocycles. The summed E-state index contributed by atoms with van der Waals surface area (Å²) in [6, 6.07) is 4.89. The maximum atomic E-state index is 13.2. The molecule has 3 rings (SSSR count). The molecule has 0 spiro atoms. The zero-order valence-corrected chi connectivity index (χ0v) is 17.3. The summed E-state index contributed by atoms with van der Waals surface area (Å²) in [5, 5.41) is 3.15. The Morgan fingerprint density at radius 3 is 2.25 bits per heavy atom. The lowest BCUT2D eigenvalue weighted by atomic mass is 10.0. The van der Waals surface area contributed by atoms with Crippen LogP contribution >= 0.6 is 0 Å². The average Bonchev–Trinajstić information content (AvgIpc) is 2.71. The predicted molar refractivity (Wildman–Crippen MR) is 107 cm³/mol. The maximum Gasteiger partial charge on any atom is 0.253 e. The molecule has 152 valence electrons. The smallest absolute Gasteiger partial charge is 0.253 e. The van der Waals surface area contributed by atoms with Gasteiger partial charge in [0, 0.05) is 62.2 Å². The number of aryl methyl sites for hydroxylation is 2. The van der Waals surface area contributed by atoms with Crippen molar-refractivity contribution in [2.75, 3.05) is 40.4 Å². The van der Waals surface area contributed by atoms with Crippen molar-refractivity contribution in [1.29, 1.82) is 0 Å². The van der Waals surface area contributed by atoms with Crippen LogP contribution < -0.4 is 20.3 Å². The van der Waals surface area contributed by atoms with E-state index in [2.05, 4.69) is 5.32 Å². The number of nitrogens with one attached hydrogen (secondary N) is 1. The first-order valence-corrected chi connectivity index (χ1v) is 10.4. The number of rotatable bonds is 5. The van der Waals surface area contributed by atoms with Crippen LogP contribution in [0, 0.1) is 6.92 Å². The third-order valence-corrected chi connectivity index (χ3v) is 6.77. The van der Waals surface area contributed by atoms with E-state index >= 15 is 0 Å². The van der Waals surface area contributed by atoms with Crippen molar-refractivity contribution >= 4 is 10.0 Å². The van der Waals surface area contributed by atoms with Crippen molar-refractivity contribution in [3.05, 3.63) is 40.3 Å². The first-order valence-electron chi connectivity index (χ1n) is 8.94. The number of methoxy groups -OCH3 is 2. The highest BCUT2D eigenvalue weighted by Gasteiger charge is 2.30. The van der Waals surface area contributed by atoms with Gasteiger partial charge in [0.05, 0.1) is 14.2 Å². The lowest BCUT2D eigenvalue weighted by molar-refractivity contribution is 0.353. The Morgan fingerprint density at radius 2 is 1.68 bits per heavy atom. The molecule has 0 amide bonds. The van der Waals surface area contributed by atoms with Crippen LogP contribution in [0.3, 0.4) is 0 Å². The number of hydrogen-bond acceptors (Lipinski definition) is 6. The molecule has 2 aromatic rings. The van der Waals surface area contributed by atoms with E-state index < -0.39 is 10.0 Å².